The second kappa shape index (κ2) is 7.60. The molecule has 4 heteroatoms. The van der Waals surface area contributed by atoms with E-state index in [-0.39, 0.29) is 12.4 Å². The molecule has 0 spiro atoms. The number of nitrogens with zero attached hydrogens (tertiary/aromatic N) is 1. The van der Waals surface area contributed by atoms with E-state index >= 15 is 0 Å². The third-order valence-corrected chi connectivity index (χ3v) is 3.95. The van der Waals surface area contributed by atoms with Gasteiger partial charge in [-0.1, -0.05) is 19.3 Å². The maximum Gasteiger partial charge on any atom is 0.123 e. The quantitative estimate of drug-likeness (QED) is 0.870. The van der Waals surface area contributed by atoms with E-state index in [4.69, 9.17) is 4.74 Å². The molecule has 1 aliphatic rings. The van der Waals surface area contributed by atoms with Crippen LogP contribution in [-0.2, 0) is 0 Å². The molecule has 1 fully saturated rings. The Hall–Kier alpha value is -1.13. The van der Waals surface area contributed by atoms with E-state index in [1.165, 1.54) is 44.2 Å². The highest BCUT2D eigenvalue weighted by molar-refractivity contribution is 5.22. The summed E-state index contributed by atoms with van der Waals surface area (Å²) in [4.78, 5) is 2.23. The molecule has 1 aromatic carbocycles. The molecule has 20 heavy (non-hydrogen) atoms. The molecular weight excluding hydrogens is 257 g/mol. The van der Waals surface area contributed by atoms with Crippen LogP contribution >= 0.6 is 0 Å². The van der Waals surface area contributed by atoms with Crippen LogP contribution in [0.25, 0.3) is 0 Å². The van der Waals surface area contributed by atoms with Gasteiger partial charge >= 0.3 is 0 Å². The Balaban J connectivity index is 1.71. The third kappa shape index (κ3) is 4.76. The van der Waals surface area contributed by atoms with Gasteiger partial charge in [0.15, 0.2) is 0 Å². The van der Waals surface area contributed by atoms with Crippen LogP contribution in [0.5, 0.6) is 5.75 Å². The fourth-order valence-electron chi connectivity index (χ4n) is 2.78. The number of benzene rings is 1. The Morgan fingerprint density at radius 2 is 1.90 bits per heavy atom. The zero-order valence-electron chi connectivity index (χ0n) is 12.1. The number of aliphatic hydroxyl groups excluding tert-OH is 1. The predicted octanol–water partition coefficient (Wildman–Crippen LogP) is 2.83. The summed E-state index contributed by atoms with van der Waals surface area (Å²) in [6, 6.07) is 6.45. The van der Waals surface area contributed by atoms with E-state index in [0.29, 0.717) is 18.3 Å². The van der Waals surface area contributed by atoms with Gasteiger partial charge in [-0.3, -0.25) is 0 Å². The minimum atomic E-state index is -0.521. The molecule has 0 unspecified atom stereocenters. The van der Waals surface area contributed by atoms with Crippen LogP contribution < -0.4 is 4.74 Å². The molecule has 0 bridgehead atoms. The number of halogens is 1. The fourth-order valence-corrected chi connectivity index (χ4v) is 2.78. The highest BCUT2D eigenvalue weighted by Gasteiger charge is 2.20. The van der Waals surface area contributed by atoms with Crippen molar-refractivity contribution in [2.45, 2.75) is 44.2 Å². The topological polar surface area (TPSA) is 32.7 Å². The molecule has 0 aliphatic heterocycles. The van der Waals surface area contributed by atoms with Crippen LogP contribution in [-0.4, -0.2) is 42.4 Å². The largest absolute Gasteiger partial charge is 0.491 e. The van der Waals surface area contributed by atoms with Crippen molar-refractivity contribution in [2.24, 2.45) is 0 Å². The normalized spacial score (nSPS) is 18.2. The Bertz CT molecular complexity index is 390. The Labute approximate surface area is 120 Å². The van der Waals surface area contributed by atoms with E-state index in [1.54, 1.807) is 12.1 Å². The van der Waals surface area contributed by atoms with Gasteiger partial charge in [-0.05, 0) is 44.2 Å². The molecule has 0 saturated heterocycles. The number of aliphatic hydroxyl groups is 1. The van der Waals surface area contributed by atoms with Crippen molar-refractivity contribution >= 4 is 0 Å². The maximum atomic E-state index is 12.8. The highest BCUT2D eigenvalue weighted by atomic mass is 19.1. The number of likely N-dealkylation sites (N-methyl/N-ethyl adjacent to an activating group) is 1. The Morgan fingerprint density at radius 3 is 2.55 bits per heavy atom. The first-order valence-corrected chi connectivity index (χ1v) is 7.42. The molecule has 0 radical (unpaired) electrons. The second-order valence-electron chi connectivity index (χ2n) is 5.65. The number of hydrogen-bond donors (Lipinski definition) is 1. The fraction of sp³-hybridized carbons (Fsp3) is 0.625. The van der Waals surface area contributed by atoms with Gasteiger partial charge in [-0.25, -0.2) is 4.39 Å². The van der Waals surface area contributed by atoms with E-state index in [2.05, 4.69) is 11.9 Å². The number of rotatable bonds is 6. The lowest BCUT2D eigenvalue weighted by Gasteiger charge is -2.32. The van der Waals surface area contributed by atoms with E-state index in [9.17, 15) is 9.50 Å². The summed E-state index contributed by atoms with van der Waals surface area (Å²) in [6.45, 7) is 0.856. The van der Waals surface area contributed by atoms with E-state index in [1.807, 2.05) is 0 Å². The zero-order valence-corrected chi connectivity index (χ0v) is 12.1. The molecule has 3 nitrogen and oxygen atoms in total. The van der Waals surface area contributed by atoms with Gasteiger partial charge in [0.1, 0.15) is 24.3 Å². The lowest BCUT2D eigenvalue weighted by molar-refractivity contribution is 0.0561. The summed E-state index contributed by atoms with van der Waals surface area (Å²) in [5.74, 6) is 0.306. The summed E-state index contributed by atoms with van der Waals surface area (Å²) in [5, 5.41) is 10.0. The standard InChI is InChI=1S/C16H24FNO2/c1-18(14-5-3-2-4-6-14)11-15(19)12-20-16-9-7-13(17)8-10-16/h7-10,14-15,19H,2-6,11-12H2,1H3/t15-/m0/s1. The van der Waals surface area contributed by atoms with E-state index in [0.717, 1.165) is 0 Å². The summed E-state index contributed by atoms with van der Waals surface area (Å²) in [6.07, 6.45) is 5.84. The molecule has 1 N–H and O–H groups in total. The average molecular weight is 281 g/mol. The first-order chi connectivity index (χ1) is 9.65. The van der Waals surface area contributed by atoms with Crippen LogP contribution in [0.1, 0.15) is 32.1 Å². The van der Waals surface area contributed by atoms with Crippen LogP contribution in [0.15, 0.2) is 24.3 Å². The molecule has 2 rings (SSSR count). The van der Waals surface area contributed by atoms with Gasteiger partial charge in [-0.15, -0.1) is 0 Å². The molecule has 1 aromatic rings. The summed E-state index contributed by atoms with van der Waals surface area (Å²) in [7, 11) is 2.07. The molecule has 112 valence electrons. The third-order valence-electron chi connectivity index (χ3n) is 3.95. The lowest BCUT2D eigenvalue weighted by atomic mass is 9.94. The van der Waals surface area contributed by atoms with Gasteiger partial charge in [0.2, 0.25) is 0 Å². The second-order valence-corrected chi connectivity index (χ2v) is 5.65. The summed E-state index contributed by atoms with van der Waals surface area (Å²) in [5.41, 5.74) is 0. The molecule has 0 amide bonds. The first kappa shape index (κ1) is 15.3. The minimum Gasteiger partial charge on any atom is -0.491 e. The monoisotopic (exact) mass is 281 g/mol. The molecule has 1 saturated carbocycles. The van der Waals surface area contributed by atoms with Gasteiger partial charge in [0.05, 0.1) is 0 Å². The summed E-state index contributed by atoms with van der Waals surface area (Å²) >= 11 is 0. The molecule has 1 atom stereocenters. The molecular formula is C16H24FNO2. The van der Waals surface area contributed by atoms with Crippen LogP contribution in [0.3, 0.4) is 0 Å². The molecule has 1 aliphatic carbocycles. The van der Waals surface area contributed by atoms with Crippen molar-refractivity contribution in [3.05, 3.63) is 30.1 Å². The Kier molecular flexibility index (Phi) is 5.80. The van der Waals surface area contributed by atoms with Crippen LogP contribution in [0.4, 0.5) is 4.39 Å². The van der Waals surface area contributed by atoms with Crippen molar-refractivity contribution in [2.75, 3.05) is 20.2 Å². The highest BCUT2D eigenvalue weighted by Crippen LogP contribution is 2.21. The van der Waals surface area contributed by atoms with Crippen molar-refractivity contribution in [3.63, 3.8) is 0 Å². The van der Waals surface area contributed by atoms with Crippen molar-refractivity contribution < 1.29 is 14.2 Å². The zero-order chi connectivity index (χ0) is 14.4. The van der Waals surface area contributed by atoms with E-state index < -0.39 is 6.10 Å². The predicted molar refractivity (Wildman–Crippen MR) is 77.4 cm³/mol. The Morgan fingerprint density at radius 1 is 1.25 bits per heavy atom. The molecule has 0 heterocycles. The maximum absolute atomic E-state index is 12.8. The van der Waals surface area contributed by atoms with Crippen molar-refractivity contribution in [1.82, 2.24) is 4.90 Å². The number of ether oxygens (including phenoxy) is 1. The van der Waals surface area contributed by atoms with Gasteiger partial charge in [0, 0.05) is 12.6 Å². The van der Waals surface area contributed by atoms with Gasteiger partial charge < -0.3 is 14.7 Å². The van der Waals surface area contributed by atoms with Gasteiger partial charge in [0.25, 0.3) is 0 Å². The lowest BCUT2D eigenvalue weighted by Crippen LogP contribution is -2.40. The number of hydrogen-bond acceptors (Lipinski definition) is 3. The van der Waals surface area contributed by atoms with Crippen molar-refractivity contribution in [3.8, 4) is 5.75 Å². The molecule has 0 aromatic heterocycles. The summed E-state index contributed by atoms with van der Waals surface area (Å²) < 4.78 is 18.2. The smallest absolute Gasteiger partial charge is 0.123 e. The average Bonchev–Trinajstić information content (AvgIpc) is 2.47. The minimum absolute atomic E-state index is 0.239. The van der Waals surface area contributed by atoms with Crippen LogP contribution in [0, 0.1) is 5.82 Å². The van der Waals surface area contributed by atoms with Crippen molar-refractivity contribution in [1.29, 1.82) is 0 Å². The SMILES string of the molecule is CN(C[C@H](O)COc1ccc(F)cc1)C1CCCCC1. The van der Waals surface area contributed by atoms with Gasteiger partial charge in [-0.2, -0.15) is 0 Å². The first-order valence-electron chi connectivity index (χ1n) is 7.42. The van der Waals surface area contributed by atoms with Crippen LogP contribution in [0.2, 0.25) is 0 Å².